The maximum atomic E-state index is 12.2. The topological polar surface area (TPSA) is 38.3 Å². The van der Waals surface area contributed by atoms with Crippen LogP contribution in [-0.2, 0) is 9.53 Å². The van der Waals surface area contributed by atoms with Crippen LogP contribution in [0.3, 0.4) is 0 Å². The van der Waals surface area contributed by atoms with Crippen molar-refractivity contribution in [1.82, 2.24) is 0 Å². The van der Waals surface area contributed by atoms with E-state index < -0.39 is 5.54 Å². The van der Waals surface area contributed by atoms with E-state index in [4.69, 9.17) is 4.74 Å². The Morgan fingerprint density at radius 3 is 2.44 bits per heavy atom. The number of hydrogen-bond acceptors (Lipinski definition) is 3. The summed E-state index contributed by atoms with van der Waals surface area (Å²) in [4.78, 5) is 12.2. The molecule has 0 amide bonds. The van der Waals surface area contributed by atoms with Crippen LogP contribution in [0.5, 0.6) is 0 Å². The van der Waals surface area contributed by atoms with Gasteiger partial charge < -0.3 is 10.1 Å². The summed E-state index contributed by atoms with van der Waals surface area (Å²) >= 11 is 0. The molecule has 0 aliphatic heterocycles. The monoisotopic (exact) mass is 247 g/mol. The van der Waals surface area contributed by atoms with E-state index in [0.29, 0.717) is 6.61 Å². The van der Waals surface area contributed by atoms with Crippen molar-refractivity contribution in [3.05, 3.63) is 29.8 Å². The number of aryl methyl sites for hydroxylation is 1. The lowest BCUT2D eigenvalue weighted by atomic mass is 9.97. The second-order valence-electron chi connectivity index (χ2n) is 5.00. The SMILES string of the molecule is CCOC(=O)C1(Nc2ccc(C)cc2)CCCC1. The van der Waals surface area contributed by atoms with E-state index in [1.807, 2.05) is 19.1 Å². The zero-order valence-corrected chi connectivity index (χ0v) is 11.2. The number of benzene rings is 1. The molecule has 3 nitrogen and oxygen atoms in total. The first-order valence-electron chi connectivity index (χ1n) is 6.68. The lowest BCUT2D eigenvalue weighted by Gasteiger charge is -2.29. The maximum Gasteiger partial charge on any atom is 0.331 e. The van der Waals surface area contributed by atoms with Gasteiger partial charge in [-0.3, -0.25) is 0 Å². The van der Waals surface area contributed by atoms with E-state index in [9.17, 15) is 4.79 Å². The van der Waals surface area contributed by atoms with Crippen molar-refractivity contribution in [3.8, 4) is 0 Å². The number of ether oxygens (including phenoxy) is 1. The van der Waals surface area contributed by atoms with Crippen molar-refractivity contribution < 1.29 is 9.53 Å². The van der Waals surface area contributed by atoms with Crippen LogP contribution in [0.25, 0.3) is 0 Å². The van der Waals surface area contributed by atoms with E-state index in [1.54, 1.807) is 0 Å². The first-order chi connectivity index (χ1) is 8.66. The molecule has 1 aliphatic rings. The molecule has 1 saturated carbocycles. The van der Waals surface area contributed by atoms with Gasteiger partial charge in [-0.05, 0) is 38.8 Å². The van der Waals surface area contributed by atoms with Gasteiger partial charge in [-0.25, -0.2) is 4.79 Å². The molecule has 18 heavy (non-hydrogen) atoms. The molecule has 0 heterocycles. The van der Waals surface area contributed by atoms with Crippen LogP contribution < -0.4 is 5.32 Å². The summed E-state index contributed by atoms with van der Waals surface area (Å²) in [5.74, 6) is -0.108. The van der Waals surface area contributed by atoms with Gasteiger partial charge in [0, 0.05) is 5.69 Å². The largest absolute Gasteiger partial charge is 0.464 e. The minimum Gasteiger partial charge on any atom is -0.464 e. The summed E-state index contributed by atoms with van der Waals surface area (Å²) in [5, 5.41) is 3.39. The maximum absolute atomic E-state index is 12.2. The van der Waals surface area contributed by atoms with Crippen molar-refractivity contribution in [2.45, 2.75) is 45.1 Å². The average molecular weight is 247 g/mol. The zero-order valence-electron chi connectivity index (χ0n) is 11.2. The highest BCUT2D eigenvalue weighted by Crippen LogP contribution is 2.34. The number of hydrogen-bond donors (Lipinski definition) is 1. The Labute approximate surface area is 109 Å². The molecular weight excluding hydrogens is 226 g/mol. The van der Waals surface area contributed by atoms with Gasteiger partial charge in [0.2, 0.25) is 0 Å². The predicted octanol–water partition coefficient (Wildman–Crippen LogP) is 3.28. The summed E-state index contributed by atoms with van der Waals surface area (Å²) in [6.45, 7) is 4.35. The third kappa shape index (κ3) is 2.66. The molecule has 1 N–H and O–H groups in total. The van der Waals surface area contributed by atoms with Crippen LogP contribution in [0.15, 0.2) is 24.3 Å². The highest BCUT2D eigenvalue weighted by Gasteiger charge is 2.42. The van der Waals surface area contributed by atoms with Crippen LogP contribution in [0.2, 0.25) is 0 Å². The number of carbonyl (C=O) groups is 1. The first-order valence-corrected chi connectivity index (χ1v) is 6.68. The smallest absolute Gasteiger partial charge is 0.331 e. The molecule has 0 bridgehead atoms. The van der Waals surface area contributed by atoms with Crippen molar-refractivity contribution in [2.75, 3.05) is 11.9 Å². The molecule has 1 aliphatic carbocycles. The molecular formula is C15H21NO2. The van der Waals surface area contributed by atoms with E-state index in [1.165, 1.54) is 5.56 Å². The fraction of sp³-hybridized carbons (Fsp3) is 0.533. The number of rotatable bonds is 4. The summed E-state index contributed by atoms with van der Waals surface area (Å²) in [7, 11) is 0. The van der Waals surface area contributed by atoms with Crippen LogP contribution in [0, 0.1) is 6.92 Å². The minimum absolute atomic E-state index is 0.108. The number of anilines is 1. The first kappa shape index (κ1) is 12.9. The highest BCUT2D eigenvalue weighted by molar-refractivity contribution is 5.85. The molecule has 0 saturated heterocycles. The Morgan fingerprint density at radius 2 is 1.89 bits per heavy atom. The molecule has 2 rings (SSSR count). The van der Waals surface area contributed by atoms with Crippen molar-refractivity contribution in [2.24, 2.45) is 0 Å². The second-order valence-corrected chi connectivity index (χ2v) is 5.00. The van der Waals surface area contributed by atoms with Gasteiger partial charge >= 0.3 is 5.97 Å². The molecule has 0 atom stereocenters. The Morgan fingerprint density at radius 1 is 1.28 bits per heavy atom. The predicted molar refractivity (Wildman–Crippen MR) is 72.6 cm³/mol. The van der Waals surface area contributed by atoms with Gasteiger partial charge in [0.25, 0.3) is 0 Å². The molecule has 0 radical (unpaired) electrons. The lowest BCUT2D eigenvalue weighted by molar-refractivity contribution is -0.148. The third-order valence-electron chi connectivity index (χ3n) is 3.56. The second kappa shape index (κ2) is 5.42. The van der Waals surface area contributed by atoms with Gasteiger partial charge in [0.05, 0.1) is 6.61 Å². The highest BCUT2D eigenvalue weighted by atomic mass is 16.5. The van der Waals surface area contributed by atoms with Crippen LogP contribution in [0.1, 0.15) is 38.2 Å². The van der Waals surface area contributed by atoms with Crippen molar-refractivity contribution >= 4 is 11.7 Å². The Balaban J connectivity index is 2.15. The standard InChI is InChI=1S/C15H21NO2/c1-3-18-14(17)15(10-4-5-11-15)16-13-8-6-12(2)7-9-13/h6-9,16H,3-5,10-11H2,1-2H3. The van der Waals surface area contributed by atoms with Crippen molar-refractivity contribution in [1.29, 1.82) is 0 Å². The van der Waals surface area contributed by atoms with Crippen LogP contribution in [-0.4, -0.2) is 18.1 Å². The molecule has 98 valence electrons. The minimum atomic E-state index is -0.509. The van der Waals surface area contributed by atoms with Crippen LogP contribution >= 0.6 is 0 Å². The molecule has 1 fully saturated rings. The van der Waals surface area contributed by atoms with Gasteiger partial charge in [-0.15, -0.1) is 0 Å². The summed E-state index contributed by atoms with van der Waals surface area (Å²) in [6.07, 6.45) is 3.88. The molecule has 0 aromatic heterocycles. The van der Waals surface area contributed by atoms with E-state index in [0.717, 1.165) is 31.4 Å². The van der Waals surface area contributed by atoms with Crippen LogP contribution in [0.4, 0.5) is 5.69 Å². The van der Waals surface area contributed by atoms with Gasteiger partial charge in [0.15, 0.2) is 0 Å². The Kier molecular flexibility index (Phi) is 3.90. The normalized spacial score (nSPS) is 17.4. The summed E-state index contributed by atoms with van der Waals surface area (Å²) < 4.78 is 5.22. The molecule has 0 spiro atoms. The summed E-state index contributed by atoms with van der Waals surface area (Å²) in [5.41, 5.74) is 1.71. The zero-order chi connectivity index (χ0) is 13.0. The fourth-order valence-corrected chi connectivity index (χ4v) is 2.54. The molecule has 3 heteroatoms. The third-order valence-corrected chi connectivity index (χ3v) is 3.56. The van der Waals surface area contributed by atoms with Crippen molar-refractivity contribution in [3.63, 3.8) is 0 Å². The van der Waals surface area contributed by atoms with E-state index in [2.05, 4.69) is 24.4 Å². The Bertz CT molecular complexity index is 405. The molecule has 1 aromatic carbocycles. The average Bonchev–Trinajstić information content (AvgIpc) is 2.82. The van der Waals surface area contributed by atoms with E-state index in [-0.39, 0.29) is 5.97 Å². The number of esters is 1. The summed E-state index contributed by atoms with van der Waals surface area (Å²) in [6, 6.07) is 8.15. The fourth-order valence-electron chi connectivity index (χ4n) is 2.54. The van der Waals surface area contributed by atoms with Gasteiger partial charge in [-0.2, -0.15) is 0 Å². The lowest BCUT2D eigenvalue weighted by Crippen LogP contribution is -2.45. The Hall–Kier alpha value is -1.51. The van der Waals surface area contributed by atoms with Gasteiger partial charge in [0.1, 0.15) is 5.54 Å². The van der Waals surface area contributed by atoms with E-state index >= 15 is 0 Å². The quantitative estimate of drug-likeness (QED) is 0.830. The molecule has 0 unspecified atom stereocenters. The number of nitrogens with one attached hydrogen (secondary N) is 1. The van der Waals surface area contributed by atoms with Gasteiger partial charge in [-0.1, -0.05) is 30.5 Å². The molecule has 1 aromatic rings. The number of carbonyl (C=O) groups excluding carboxylic acids is 1.